The van der Waals surface area contributed by atoms with E-state index in [0.717, 1.165) is 0 Å². The fourth-order valence-corrected chi connectivity index (χ4v) is 0.931. The first-order chi connectivity index (χ1) is 6.63. The van der Waals surface area contributed by atoms with Crippen molar-refractivity contribution >= 4 is 40.5 Å². The summed E-state index contributed by atoms with van der Waals surface area (Å²) in [5, 5.41) is 2.70. The van der Waals surface area contributed by atoms with Gasteiger partial charge in [0.15, 0.2) is 4.99 Å². The number of hydrogen-bond acceptors (Lipinski definition) is 4. The van der Waals surface area contributed by atoms with Crippen molar-refractivity contribution in [3.63, 3.8) is 0 Å². The number of rotatable bonds is 1. The number of carbonyl (C=O) groups excluding carboxylic acids is 1. The second-order valence-corrected chi connectivity index (χ2v) is 3.07. The van der Waals surface area contributed by atoms with Crippen LogP contribution < -0.4 is 16.6 Å². The Kier molecular flexibility index (Phi) is 3.75. The molecule has 0 fully saturated rings. The van der Waals surface area contributed by atoms with Crippen LogP contribution in [0.2, 0.25) is 5.15 Å². The van der Waals surface area contributed by atoms with Gasteiger partial charge in [0, 0.05) is 0 Å². The number of anilines is 1. The van der Waals surface area contributed by atoms with E-state index in [2.05, 4.69) is 27.9 Å². The van der Waals surface area contributed by atoms with Crippen molar-refractivity contribution in [3.05, 3.63) is 23.4 Å². The van der Waals surface area contributed by atoms with E-state index in [1.165, 1.54) is 0 Å². The molecule has 1 rings (SSSR count). The molecule has 14 heavy (non-hydrogen) atoms. The third kappa shape index (κ3) is 2.91. The van der Waals surface area contributed by atoms with Crippen molar-refractivity contribution < 1.29 is 4.79 Å². The molecule has 0 saturated carbocycles. The van der Waals surface area contributed by atoms with Crippen molar-refractivity contribution in [1.82, 2.24) is 10.4 Å². The smallest absolute Gasteiger partial charge is 0.285 e. The average Bonchev–Trinajstić information content (AvgIpc) is 2.16. The number of nitrogens with two attached hydrogens (primary N) is 1. The van der Waals surface area contributed by atoms with Crippen molar-refractivity contribution in [3.8, 4) is 0 Å². The van der Waals surface area contributed by atoms with Gasteiger partial charge in [-0.1, -0.05) is 29.9 Å². The van der Waals surface area contributed by atoms with Gasteiger partial charge in [-0.05, 0) is 12.1 Å². The zero-order valence-corrected chi connectivity index (χ0v) is 8.52. The zero-order chi connectivity index (χ0) is 10.6. The maximum atomic E-state index is 11.2. The van der Waals surface area contributed by atoms with E-state index in [-0.39, 0.29) is 10.1 Å². The summed E-state index contributed by atoms with van der Waals surface area (Å²) in [4.78, 5) is 14.9. The van der Waals surface area contributed by atoms with Crippen LogP contribution >= 0.6 is 23.8 Å². The molecule has 5 nitrogen and oxygen atoms in total. The van der Waals surface area contributed by atoms with Crippen LogP contribution in [0, 0.1) is 0 Å². The highest BCUT2D eigenvalue weighted by Gasteiger charge is 2.07. The largest absolute Gasteiger partial charge is 0.310 e. The van der Waals surface area contributed by atoms with E-state index in [0.29, 0.717) is 5.82 Å². The third-order valence-corrected chi connectivity index (χ3v) is 1.81. The number of nitrogens with one attached hydrogen (secondary N) is 2. The molecule has 0 spiro atoms. The minimum absolute atomic E-state index is 0.119. The first-order valence-electron chi connectivity index (χ1n) is 3.58. The molecule has 7 heteroatoms. The summed E-state index contributed by atoms with van der Waals surface area (Å²) in [6.45, 7) is 0. The van der Waals surface area contributed by atoms with Gasteiger partial charge >= 0.3 is 0 Å². The average molecular weight is 231 g/mol. The number of aromatic nitrogens is 1. The molecule has 1 aromatic rings. The van der Waals surface area contributed by atoms with E-state index in [1.54, 1.807) is 18.2 Å². The summed E-state index contributed by atoms with van der Waals surface area (Å²) < 4.78 is 0. The molecule has 0 aliphatic rings. The number of halogens is 1. The molecule has 0 atom stereocenters. The molecule has 0 aliphatic carbocycles. The molecule has 1 heterocycles. The van der Waals surface area contributed by atoms with E-state index in [1.807, 2.05) is 0 Å². The Morgan fingerprint density at radius 1 is 1.57 bits per heavy atom. The first-order valence-corrected chi connectivity index (χ1v) is 4.36. The summed E-state index contributed by atoms with van der Waals surface area (Å²) in [5.74, 6) is 4.75. The second kappa shape index (κ2) is 4.85. The quantitative estimate of drug-likeness (QED) is 0.283. The Morgan fingerprint density at radius 3 is 2.86 bits per heavy atom. The van der Waals surface area contributed by atoms with Crippen LogP contribution in [-0.2, 0) is 4.79 Å². The standard InChI is InChI=1S/C7H7ClN4OS/c8-4-2-1-3-5(10-4)11-6(13)7(14)12-9/h1-3H,9H2,(H,12,14)(H,10,11,13). The first kappa shape index (κ1) is 10.8. The molecular weight excluding hydrogens is 224 g/mol. The fourth-order valence-electron chi connectivity index (χ4n) is 0.717. The van der Waals surface area contributed by atoms with Gasteiger partial charge in [-0.2, -0.15) is 0 Å². The Hall–Kier alpha value is -1.24. The number of amides is 1. The van der Waals surface area contributed by atoms with Crippen molar-refractivity contribution in [2.75, 3.05) is 5.32 Å². The molecule has 0 aromatic carbocycles. The van der Waals surface area contributed by atoms with Crippen LogP contribution in [0.5, 0.6) is 0 Å². The summed E-state index contributed by atoms with van der Waals surface area (Å²) >= 11 is 10.2. The van der Waals surface area contributed by atoms with Gasteiger partial charge in [0.2, 0.25) is 0 Å². The molecule has 0 radical (unpaired) electrons. The van der Waals surface area contributed by atoms with E-state index < -0.39 is 5.91 Å². The lowest BCUT2D eigenvalue weighted by Crippen LogP contribution is -2.38. The topological polar surface area (TPSA) is 80.0 Å². The normalized spacial score (nSPS) is 9.29. The number of pyridine rings is 1. The fraction of sp³-hybridized carbons (Fsp3) is 0. The van der Waals surface area contributed by atoms with Gasteiger partial charge in [-0.25, -0.2) is 10.8 Å². The molecule has 0 unspecified atom stereocenters. The van der Waals surface area contributed by atoms with Crippen molar-refractivity contribution in [2.45, 2.75) is 0 Å². The van der Waals surface area contributed by atoms with Crippen LogP contribution in [0.4, 0.5) is 5.82 Å². The SMILES string of the molecule is NNC(=S)C(=O)Nc1cccc(Cl)n1. The summed E-state index contributed by atoms with van der Waals surface area (Å²) in [5.41, 5.74) is 2.06. The summed E-state index contributed by atoms with van der Waals surface area (Å²) in [6.07, 6.45) is 0. The molecule has 0 aliphatic heterocycles. The van der Waals surface area contributed by atoms with E-state index in [4.69, 9.17) is 17.4 Å². The van der Waals surface area contributed by atoms with Crippen LogP contribution in [0.3, 0.4) is 0 Å². The number of carbonyl (C=O) groups is 1. The second-order valence-electron chi connectivity index (χ2n) is 2.27. The lowest BCUT2D eigenvalue weighted by molar-refractivity contribution is -0.110. The van der Waals surface area contributed by atoms with E-state index in [9.17, 15) is 4.79 Å². The van der Waals surface area contributed by atoms with Gasteiger partial charge in [-0.3, -0.25) is 4.79 Å². The van der Waals surface area contributed by atoms with Crippen LogP contribution in [0.25, 0.3) is 0 Å². The van der Waals surface area contributed by atoms with Gasteiger partial charge in [-0.15, -0.1) is 0 Å². The third-order valence-electron chi connectivity index (χ3n) is 1.29. The Labute approximate surface area is 90.6 Å². The van der Waals surface area contributed by atoms with Gasteiger partial charge in [0.05, 0.1) is 0 Å². The predicted molar refractivity (Wildman–Crippen MR) is 57.8 cm³/mol. The number of hydrazine groups is 1. The number of hydrogen-bond donors (Lipinski definition) is 3. The number of nitrogens with zero attached hydrogens (tertiary/aromatic N) is 1. The van der Waals surface area contributed by atoms with Gasteiger partial charge in [0.1, 0.15) is 11.0 Å². The predicted octanol–water partition coefficient (Wildman–Crippen LogP) is 0.464. The Balaban J connectivity index is 2.70. The lowest BCUT2D eigenvalue weighted by Gasteiger charge is -2.04. The van der Waals surface area contributed by atoms with E-state index >= 15 is 0 Å². The van der Waals surface area contributed by atoms with Crippen LogP contribution in [0.15, 0.2) is 18.2 Å². The molecule has 1 amide bonds. The highest BCUT2D eigenvalue weighted by molar-refractivity contribution is 7.82. The van der Waals surface area contributed by atoms with Crippen molar-refractivity contribution in [2.24, 2.45) is 5.84 Å². The molecule has 0 saturated heterocycles. The summed E-state index contributed by atoms with van der Waals surface area (Å²) in [7, 11) is 0. The Bertz CT molecular complexity index is 370. The molecule has 1 aromatic heterocycles. The van der Waals surface area contributed by atoms with Crippen LogP contribution in [0.1, 0.15) is 0 Å². The maximum absolute atomic E-state index is 11.2. The highest BCUT2D eigenvalue weighted by Crippen LogP contribution is 2.08. The molecule has 0 bridgehead atoms. The maximum Gasteiger partial charge on any atom is 0.285 e. The lowest BCUT2D eigenvalue weighted by atomic mass is 10.4. The molecule has 74 valence electrons. The molecule has 4 N–H and O–H groups in total. The summed E-state index contributed by atoms with van der Waals surface area (Å²) in [6, 6.07) is 4.84. The zero-order valence-electron chi connectivity index (χ0n) is 6.95. The molecular formula is C7H7ClN4OS. The minimum Gasteiger partial charge on any atom is -0.310 e. The minimum atomic E-state index is -0.530. The Morgan fingerprint density at radius 2 is 2.29 bits per heavy atom. The van der Waals surface area contributed by atoms with Gasteiger partial charge in [0.25, 0.3) is 5.91 Å². The monoisotopic (exact) mass is 230 g/mol. The van der Waals surface area contributed by atoms with Gasteiger partial charge < -0.3 is 10.7 Å². The van der Waals surface area contributed by atoms with Crippen molar-refractivity contribution in [1.29, 1.82) is 0 Å². The highest BCUT2D eigenvalue weighted by atomic mass is 35.5. The number of thiocarbonyl (C=S) groups is 1. The van der Waals surface area contributed by atoms with Crippen LogP contribution in [-0.4, -0.2) is 15.9 Å².